The molecule has 78 valence electrons. The molecule has 0 saturated heterocycles. The van der Waals surface area contributed by atoms with Crippen molar-refractivity contribution in [3.05, 3.63) is 23.9 Å². The van der Waals surface area contributed by atoms with Gasteiger partial charge >= 0.3 is 5.97 Å². The summed E-state index contributed by atoms with van der Waals surface area (Å²) in [6.45, 7) is 2.00. The van der Waals surface area contributed by atoms with Crippen LogP contribution in [0.15, 0.2) is 22.7 Å². The topological polar surface area (TPSA) is 72.6 Å². The van der Waals surface area contributed by atoms with Crippen LogP contribution in [-0.4, -0.2) is 22.8 Å². The second-order valence-electron chi connectivity index (χ2n) is 2.93. The number of nitrogens with zero attached hydrogens (tertiary/aromatic N) is 1. The second kappa shape index (κ2) is 3.61. The lowest BCUT2D eigenvalue weighted by molar-refractivity contribution is 0.0517. The lowest BCUT2D eigenvalue weighted by Crippen LogP contribution is -2.05. The smallest absolute Gasteiger partial charge is 0.361 e. The minimum absolute atomic E-state index is 0.0639. The fourth-order valence-electron chi connectivity index (χ4n) is 1.27. The first-order valence-electron chi connectivity index (χ1n) is 4.48. The number of ether oxygens (including phenoxy) is 1. The van der Waals surface area contributed by atoms with Crippen LogP contribution in [0.25, 0.3) is 11.0 Å². The van der Waals surface area contributed by atoms with Crippen LogP contribution in [-0.2, 0) is 4.74 Å². The van der Waals surface area contributed by atoms with Gasteiger partial charge in [-0.05, 0) is 19.1 Å². The van der Waals surface area contributed by atoms with Gasteiger partial charge in [-0.3, -0.25) is 0 Å². The predicted octanol–water partition coefficient (Wildman–Crippen LogP) is 1.71. The van der Waals surface area contributed by atoms with Gasteiger partial charge in [0, 0.05) is 6.07 Å². The van der Waals surface area contributed by atoms with Crippen LogP contribution in [0, 0.1) is 0 Å². The number of carbonyl (C=O) groups is 1. The number of carbonyl (C=O) groups excluding carboxylic acids is 1. The molecular formula is C10H9NO4. The van der Waals surface area contributed by atoms with Crippen molar-refractivity contribution in [1.29, 1.82) is 0 Å². The number of benzene rings is 1. The molecule has 0 atom stereocenters. The average molecular weight is 207 g/mol. The van der Waals surface area contributed by atoms with Crippen molar-refractivity contribution in [2.45, 2.75) is 6.92 Å². The Bertz CT molecular complexity index is 503. The molecule has 0 radical (unpaired) electrons. The molecule has 1 heterocycles. The summed E-state index contributed by atoms with van der Waals surface area (Å²) in [5.41, 5.74) is 0.491. The van der Waals surface area contributed by atoms with E-state index in [4.69, 9.17) is 9.26 Å². The maximum Gasteiger partial charge on any atom is 0.361 e. The maximum absolute atomic E-state index is 11.4. The molecule has 0 saturated carbocycles. The maximum atomic E-state index is 11.4. The van der Waals surface area contributed by atoms with Gasteiger partial charge in [0.15, 0.2) is 11.3 Å². The summed E-state index contributed by atoms with van der Waals surface area (Å²) in [6, 6.07) is 4.42. The first-order valence-corrected chi connectivity index (χ1v) is 4.48. The Hall–Kier alpha value is -2.04. The molecular weight excluding hydrogens is 198 g/mol. The first-order chi connectivity index (χ1) is 7.22. The molecule has 0 aliphatic rings. The Morgan fingerprint density at radius 2 is 2.40 bits per heavy atom. The van der Waals surface area contributed by atoms with Crippen molar-refractivity contribution < 1.29 is 19.2 Å². The minimum atomic E-state index is -0.526. The van der Waals surface area contributed by atoms with Crippen molar-refractivity contribution >= 4 is 16.9 Å². The van der Waals surface area contributed by atoms with E-state index in [1.807, 2.05) is 0 Å². The van der Waals surface area contributed by atoms with E-state index >= 15 is 0 Å². The molecule has 0 unspecified atom stereocenters. The fraction of sp³-hybridized carbons (Fsp3) is 0.200. The van der Waals surface area contributed by atoms with E-state index in [1.165, 1.54) is 12.1 Å². The summed E-state index contributed by atoms with van der Waals surface area (Å²) >= 11 is 0. The number of phenols is 1. The van der Waals surface area contributed by atoms with E-state index < -0.39 is 5.97 Å². The lowest BCUT2D eigenvalue weighted by atomic mass is 10.2. The minimum Gasteiger partial charge on any atom is -0.508 e. The number of hydrogen-bond donors (Lipinski definition) is 1. The van der Waals surface area contributed by atoms with Gasteiger partial charge in [-0.25, -0.2) is 4.79 Å². The van der Waals surface area contributed by atoms with Gasteiger partial charge in [-0.15, -0.1) is 0 Å². The Morgan fingerprint density at radius 1 is 1.60 bits per heavy atom. The Morgan fingerprint density at radius 3 is 3.13 bits per heavy atom. The molecule has 15 heavy (non-hydrogen) atoms. The summed E-state index contributed by atoms with van der Waals surface area (Å²) in [5, 5.41) is 13.3. The van der Waals surface area contributed by atoms with Crippen LogP contribution >= 0.6 is 0 Å². The third-order valence-electron chi connectivity index (χ3n) is 1.92. The summed E-state index contributed by atoms with van der Waals surface area (Å²) in [7, 11) is 0. The highest BCUT2D eigenvalue weighted by Crippen LogP contribution is 2.23. The molecule has 5 nitrogen and oxygen atoms in total. The molecule has 0 spiro atoms. The predicted molar refractivity (Wildman–Crippen MR) is 51.6 cm³/mol. The molecule has 5 heteroatoms. The highest BCUT2D eigenvalue weighted by atomic mass is 16.5. The SMILES string of the molecule is CCOC(=O)c1noc2cc(O)ccc12. The van der Waals surface area contributed by atoms with Crippen molar-refractivity contribution in [2.75, 3.05) is 6.61 Å². The molecule has 0 aliphatic heterocycles. The van der Waals surface area contributed by atoms with Crippen molar-refractivity contribution in [3.8, 4) is 5.75 Å². The van der Waals surface area contributed by atoms with E-state index in [9.17, 15) is 9.90 Å². The molecule has 0 aliphatic carbocycles. The summed E-state index contributed by atoms with van der Waals surface area (Å²) in [6.07, 6.45) is 0. The van der Waals surface area contributed by atoms with Gasteiger partial charge in [0.25, 0.3) is 0 Å². The average Bonchev–Trinajstić information content (AvgIpc) is 2.60. The first kappa shape index (κ1) is 9.51. The van der Waals surface area contributed by atoms with E-state index in [2.05, 4.69) is 5.16 Å². The highest BCUT2D eigenvalue weighted by Gasteiger charge is 2.16. The Labute approximate surface area is 85.2 Å². The van der Waals surface area contributed by atoms with Crippen LogP contribution in [0.2, 0.25) is 0 Å². The van der Waals surface area contributed by atoms with E-state index in [0.29, 0.717) is 11.0 Å². The monoisotopic (exact) mass is 207 g/mol. The van der Waals surface area contributed by atoms with Crippen molar-refractivity contribution in [3.63, 3.8) is 0 Å². The van der Waals surface area contributed by atoms with Crippen LogP contribution in [0.4, 0.5) is 0 Å². The Balaban J connectivity index is 2.49. The van der Waals surface area contributed by atoms with Crippen molar-refractivity contribution in [1.82, 2.24) is 5.16 Å². The Kier molecular flexibility index (Phi) is 2.29. The molecule has 0 amide bonds. The van der Waals surface area contributed by atoms with E-state index in [0.717, 1.165) is 0 Å². The fourth-order valence-corrected chi connectivity index (χ4v) is 1.27. The van der Waals surface area contributed by atoms with Gasteiger partial charge in [0.2, 0.25) is 0 Å². The van der Waals surface area contributed by atoms with Crippen molar-refractivity contribution in [2.24, 2.45) is 0 Å². The van der Waals surface area contributed by atoms with Crippen LogP contribution in [0.1, 0.15) is 17.4 Å². The third-order valence-corrected chi connectivity index (χ3v) is 1.92. The number of hydrogen-bond acceptors (Lipinski definition) is 5. The molecule has 0 fully saturated rings. The normalized spacial score (nSPS) is 10.5. The van der Waals surface area contributed by atoms with E-state index in [-0.39, 0.29) is 18.1 Å². The molecule has 0 bridgehead atoms. The van der Waals surface area contributed by atoms with Gasteiger partial charge in [0.1, 0.15) is 5.75 Å². The number of aromatic hydroxyl groups is 1. The lowest BCUT2D eigenvalue weighted by Gasteiger charge is -1.96. The number of aromatic nitrogens is 1. The molecule has 1 aromatic carbocycles. The van der Waals surface area contributed by atoms with Gasteiger partial charge < -0.3 is 14.4 Å². The molecule has 2 rings (SSSR count). The summed E-state index contributed by atoms with van der Waals surface area (Å²) in [5.74, 6) is -0.462. The quantitative estimate of drug-likeness (QED) is 0.759. The highest BCUT2D eigenvalue weighted by molar-refractivity contribution is 6.01. The zero-order valence-electron chi connectivity index (χ0n) is 8.06. The zero-order chi connectivity index (χ0) is 10.8. The molecule has 2 aromatic rings. The van der Waals surface area contributed by atoms with Crippen LogP contribution in [0.3, 0.4) is 0 Å². The standard InChI is InChI=1S/C10H9NO4/c1-2-14-10(13)9-7-4-3-6(12)5-8(7)15-11-9/h3-5,12H,2H2,1H3. The number of fused-ring (bicyclic) bond motifs is 1. The van der Waals surface area contributed by atoms with Gasteiger partial charge in [-0.1, -0.05) is 5.16 Å². The largest absolute Gasteiger partial charge is 0.508 e. The van der Waals surface area contributed by atoms with Gasteiger partial charge in [0.05, 0.1) is 12.0 Å². The van der Waals surface area contributed by atoms with Crippen LogP contribution in [0.5, 0.6) is 5.75 Å². The summed E-state index contributed by atoms with van der Waals surface area (Å²) < 4.78 is 9.69. The van der Waals surface area contributed by atoms with E-state index in [1.54, 1.807) is 13.0 Å². The number of rotatable bonds is 2. The molecule has 1 aromatic heterocycles. The number of esters is 1. The van der Waals surface area contributed by atoms with Gasteiger partial charge in [-0.2, -0.15) is 0 Å². The summed E-state index contributed by atoms with van der Waals surface area (Å²) in [4.78, 5) is 11.4. The third kappa shape index (κ3) is 1.63. The molecule has 1 N–H and O–H groups in total. The van der Waals surface area contributed by atoms with Crippen LogP contribution < -0.4 is 0 Å². The number of phenolic OH excluding ortho intramolecular Hbond substituents is 1. The zero-order valence-corrected chi connectivity index (χ0v) is 8.06. The second-order valence-corrected chi connectivity index (χ2v) is 2.93.